The summed E-state index contributed by atoms with van der Waals surface area (Å²) in [4.78, 5) is 12.9. The number of rotatable bonds is 5. The molecule has 168 valence electrons. The van der Waals surface area contributed by atoms with Crippen LogP contribution in [0, 0.1) is 19.7 Å². The fraction of sp³-hybridized carbons (Fsp3) is 0.174. The largest absolute Gasteiger partial charge is 0.454 e. The number of aromatic amines is 1. The number of carbonyl (C=O) groups excluding carboxylic acids is 1. The molecule has 0 bridgehead atoms. The molecule has 0 radical (unpaired) electrons. The van der Waals surface area contributed by atoms with E-state index in [2.05, 4.69) is 20.6 Å². The van der Waals surface area contributed by atoms with Crippen LogP contribution in [0.5, 0.6) is 11.5 Å². The monoisotopic (exact) mass is 467 g/mol. The van der Waals surface area contributed by atoms with E-state index in [4.69, 9.17) is 21.1 Å². The first kappa shape index (κ1) is 21.0. The van der Waals surface area contributed by atoms with Crippen LogP contribution in [0.4, 0.5) is 10.1 Å². The molecule has 0 spiro atoms. The van der Waals surface area contributed by atoms with Crippen LogP contribution in [0.2, 0.25) is 5.02 Å². The predicted octanol–water partition coefficient (Wildman–Crippen LogP) is 4.71. The number of aryl methyl sites for hydroxylation is 1. The Bertz CT molecular complexity index is 1380. The average molecular weight is 468 g/mol. The SMILES string of the molecule is Cc1nn(Cc2ccc(F)cc2Cl)c(C)c1NC(=O)c1cc(-c2ccc3c(c2)OCO3)n[nH]1. The summed E-state index contributed by atoms with van der Waals surface area (Å²) in [6.45, 7) is 4.18. The van der Waals surface area contributed by atoms with Gasteiger partial charge in [-0.2, -0.15) is 10.2 Å². The van der Waals surface area contributed by atoms with Crippen molar-refractivity contribution in [2.24, 2.45) is 0 Å². The Morgan fingerprint density at radius 3 is 2.82 bits per heavy atom. The topological polar surface area (TPSA) is 94.1 Å². The van der Waals surface area contributed by atoms with Gasteiger partial charge in [0.25, 0.3) is 5.91 Å². The van der Waals surface area contributed by atoms with Crippen LogP contribution in [-0.2, 0) is 6.54 Å². The van der Waals surface area contributed by atoms with Crippen LogP contribution in [0.15, 0.2) is 42.5 Å². The van der Waals surface area contributed by atoms with Crippen molar-refractivity contribution in [3.63, 3.8) is 0 Å². The average Bonchev–Trinajstić information content (AvgIpc) is 3.51. The summed E-state index contributed by atoms with van der Waals surface area (Å²) < 4.78 is 25.8. The number of anilines is 1. The summed E-state index contributed by atoms with van der Waals surface area (Å²) >= 11 is 6.15. The Morgan fingerprint density at radius 2 is 2.00 bits per heavy atom. The number of hydrogen-bond donors (Lipinski definition) is 2. The third kappa shape index (κ3) is 4.03. The molecule has 4 aromatic rings. The summed E-state index contributed by atoms with van der Waals surface area (Å²) in [6, 6.07) is 11.4. The van der Waals surface area contributed by atoms with Gasteiger partial charge >= 0.3 is 0 Å². The molecular weight excluding hydrogens is 449 g/mol. The first-order valence-corrected chi connectivity index (χ1v) is 10.5. The van der Waals surface area contributed by atoms with Gasteiger partial charge in [0.15, 0.2) is 11.5 Å². The number of amides is 1. The van der Waals surface area contributed by atoms with Crippen LogP contribution in [0.25, 0.3) is 11.3 Å². The van der Waals surface area contributed by atoms with Crippen molar-refractivity contribution >= 4 is 23.2 Å². The Morgan fingerprint density at radius 1 is 1.18 bits per heavy atom. The highest BCUT2D eigenvalue weighted by molar-refractivity contribution is 6.31. The van der Waals surface area contributed by atoms with E-state index >= 15 is 0 Å². The van der Waals surface area contributed by atoms with Crippen molar-refractivity contribution in [1.82, 2.24) is 20.0 Å². The highest BCUT2D eigenvalue weighted by Crippen LogP contribution is 2.35. The quantitative estimate of drug-likeness (QED) is 0.443. The molecule has 1 amide bonds. The van der Waals surface area contributed by atoms with E-state index in [0.29, 0.717) is 45.8 Å². The fourth-order valence-corrected chi connectivity index (χ4v) is 3.89. The first-order chi connectivity index (χ1) is 15.9. The molecule has 0 unspecified atom stereocenters. The van der Waals surface area contributed by atoms with Crippen LogP contribution >= 0.6 is 11.6 Å². The summed E-state index contributed by atoms with van der Waals surface area (Å²) in [7, 11) is 0. The van der Waals surface area contributed by atoms with E-state index in [-0.39, 0.29) is 12.7 Å². The first-order valence-electron chi connectivity index (χ1n) is 10.1. The van der Waals surface area contributed by atoms with Crippen molar-refractivity contribution in [3.8, 4) is 22.8 Å². The van der Waals surface area contributed by atoms with E-state index < -0.39 is 5.82 Å². The number of carbonyl (C=O) groups is 1. The van der Waals surface area contributed by atoms with E-state index in [1.807, 2.05) is 19.1 Å². The molecule has 0 aliphatic carbocycles. The van der Waals surface area contributed by atoms with Crippen molar-refractivity contribution in [3.05, 3.63) is 75.9 Å². The van der Waals surface area contributed by atoms with Gasteiger partial charge in [-0.1, -0.05) is 17.7 Å². The van der Waals surface area contributed by atoms with Crippen LogP contribution < -0.4 is 14.8 Å². The standard InChI is InChI=1S/C23H19ClFN5O3/c1-12-22(13(2)30(29-12)10-15-3-5-16(25)8-17(15)24)26-23(31)19-9-18(27-28-19)14-4-6-20-21(7-14)33-11-32-20/h3-9H,10-11H2,1-2H3,(H,26,31)(H,27,28). The zero-order chi connectivity index (χ0) is 23.1. The van der Waals surface area contributed by atoms with E-state index in [0.717, 1.165) is 16.8 Å². The molecule has 5 rings (SSSR count). The Balaban J connectivity index is 1.34. The summed E-state index contributed by atoms with van der Waals surface area (Å²) in [5.74, 6) is 0.573. The lowest BCUT2D eigenvalue weighted by Crippen LogP contribution is -2.14. The molecule has 0 saturated heterocycles. The molecule has 0 saturated carbocycles. The predicted molar refractivity (Wildman–Crippen MR) is 120 cm³/mol. The Kier molecular flexibility index (Phi) is 5.26. The molecule has 8 nitrogen and oxygen atoms in total. The molecule has 1 aliphatic rings. The molecule has 10 heteroatoms. The maximum absolute atomic E-state index is 13.3. The zero-order valence-electron chi connectivity index (χ0n) is 17.8. The maximum Gasteiger partial charge on any atom is 0.273 e. The van der Waals surface area contributed by atoms with Gasteiger partial charge in [-0.15, -0.1) is 0 Å². The van der Waals surface area contributed by atoms with Crippen molar-refractivity contribution in [2.45, 2.75) is 20.4 Å². The van der Waals surface area contributed by atoms with Crippen molar-refractivity contribution < 1.29 is 18.7 Å². The number of fused-ring (bicyclic) bond motifs is 1. The molecule has 1 aliphatic heterocycles. The number of benzene rings is 2. The number of ether oxygens (including phenoxy) is 2. The third-order valence-corrected chi connectivity index (χ3v) is 5.80. The van der Waals surface area contributed by atoms with E-state index in [1.165, 1.54) is 12.1 Å². The third-order valence-electron chi connectivity index (χ3n) is 5.45. The van der Waals surface area contributed by atoms with E-state index in [1.54, 1.807) is 29.8 Å². The maximum atomic E-state index is 13.3. The van der Waals surface area contributed by atoms with E-state index in [9.17, 15) is 9.18 Å². The highest BCUT2D eigenvalue weighted by atomic mass is 35.5. The van der Waals surface area contributed by atoms with Crippen LogP contribution in [-0.4, -0.2) is 32.7 Å². The minimum absolute atomic E-state index is 0.187. The van der Waals surface area contributed by atoms with Crippen molar-refractivity contribution in [1.29, 1.82) is 0 Å². The number of H-pyrrole nitrogens is 1. The molecule has 2 N–H and O–H groups in total. The zero-order valence-corrected chi connectivity index (χ0v) is 18.5. The second kappa shape index (κ2) is 8.25. The lowest BCUT2D eigenvalue weighted by atomic mass is 10.1. The van der Waals surface area contributed by atoms with Gasteiger partial charge in [0, 0.05) is 10.6 Å². The Hall–Kier alpha value is -3.85. The number of nitrogens with zero attached hydrogens (tertiary/aromatic N) is 3. The number of nitrogens with one attached hydrogen (secondary N) is 2. The summed E-state index contributed by atoms with van der Waals surface area (Å²) in [5, 5.41) is 14.7. The van der Waals surface area contributed by atoms with Gasteiger partial charge in [-0.3, -0.25) is 14.6 Å². The van der Waals surface area contributed by atoms with Crippen LogP contribution in [0.1, 0.15) is 27.4 Å². The molecule has 2 aromatic heterocycles. The lowest BCUT2D eigenvalue weighted by Gasteiger charge is -2.08. The van der Waals surface area contributed by atoms with Gasteiger partial charge in [-0.25, -0.2) is 4.39 Å². The van der Waals surface area contributed by atoms with Crippen molar-refractivity contribution in [2.75, 3.05) is 12.1 Å². The lowest BCUT2D eigenvalue weighted by molar-refractivity contribution is 0.102. The summed E-state index contributed by atoms with van der Waals surface area (Å²) in [5.41, 5.74) is 4.42. The van der Waals surface area contributed by atoms with Gasteiger partial charge in [0.05, 0.1) is 29.3 Å². The van der Waals surface area contributed by atoms with Gasteiger partial charge in [0.2, 0.25) is 6.79 Å². The van der Waals surface area contributed by atoms with Crippen LogP contribution in [0.3, 0.4) is 0 Å². The second-order valence-electron chi connectivity index (χ2n) is 7.63. The minimum Gasteiger partial charge on any atom is -0.454 e. The molecule has 2 aromatic carbocycles. The van der Waals surface area contributed by atoms with Gasteiger partial charge in [0.1, 0.15) is 11.5 Å². The highest BCUT2D eigenvalue weighted by Gasteiger charge is 2.19. The normalized spacial score (nSPS) is 12.2. The molecule has 0 atom stereocenters. The minimum atomic E-state index is -0.398. The second-order valence-corrected chi connectivity index (χ2v) is 8.04. The number of halogens is 2. The molecular formula is C23H19ClFN5O3. The summed E-state index contributed by atoms with van der Waals surface area (Å²) in [6.07, 6.45) is 0. The van der Waals surface area contributed by atoms with Gasteiger partial charge < -0.3 is 14.8 Å². The fourth-order valence-electron chi connectivity index (χ4n) is 3.67. The van der Waals surface area contributed by atoms with Gasteiger partial charge in [-0.05, 0) is 55.8 Å². The molecule has 0 fully saturated rings. The Labute approximate surface area is 193 Å². The molecule has 33 heavy (non-hydrogen) atoms. The number of aromatic nitrogens is 4. The molecule has 3 heterocycles. The number of hydrogen-bond acceptors (Lipinski definition) is 5. The smallest absolute Gasteiger partial charge is 0.273 e.